The first kappa shape index (κ1) is 12.0. The van der Waals surface area contributed by atoms with Crippen LogP contribution in [0.1, 0.15) is 28.4 Å². The van der Waals surface area contributed by atoms with Crippen LogP contribution in [0.3, 0.4) is 0 Å². The molecule has 0 saturated carbocycles. The maximum absolute atomic E-state index is 10.7. The van der Waals surface area contributed by atoms with Gasteiger partial charge in [-0.2, -0.15) is 0 Å². The molecule has 0 saturated heterocycles. The van der Waals surface area contributed by atoms with Crippen molar-refractivity contribution in [2.24, 2.45) is 0 Å². The molecule has 1 atom stereocenters. The number of hydrogen-bond acceptors (Lipinski definition) is 1. The minimum absolute atomic E-state index is 0.583. The summed E-state index contributed by atoms with van der Waals surface area (Å²) < 4.78 is 0. The molecule has 1 unspecified atom stereocenters. The van der Waals surface area contributed by atoms with Gasteiger partial charge in [-0.1, -0.05) is 35.9 Å². The Morgan fingerprint density at radius 3 is 2.63 bits per heavy atom. The molecule has 2 aromatic carbocycles. The lowest BCUT2D eigenvalue weighted by Gasteiger charge is -2.15. The van der Waals surface area contributed by atoms with Crippen molar-refractivity contribution in [3.05, 3.63) is 70.9 Å². The molecule has 19 heavy (non-hydrogen) atoms. The topological polar surface area (TPSA) is 36.0 Å². The summed E-state index contributed by atoms with van der Waals surface area (Å²) in [5, 5.41) is 11.7. The molecule has 2 nitrogen and oxygen atoms in total. The molecule has 0 fully saturated rings. The number of aromatic amines is 1. The lowest BCUT2D eigenvalue weighted by molar-refractivity contribution is 0.221. The summed E-state index contributed by atoms with van der Waals surface area (Å²) in [6.07, 6.45) is 1.32. The second-order valence-electron chi connectivity index (χ2n) is 5.05. The molecule has 1 heterocycles. The molecule has 2 heteroatoms. The van der Waals surface area contributed by atoms with E-state index in [0.29, 0.717) is 0 Å². The summed E-state index contributed by atoms with van der Waals surface area (Å²) in [5.41, 5.74) is 5.32. The summed E-state index contributed by atoms with van der Waals surface area (Å²) in [5.74, 6) is 0. The maximum Gasteiger partial charge on any atom is 0.105 e. The maximum atomic E-state index is 10.7. The largest absolute Gasteiger partial charge is 0.384 e. The van der Waals surface area contributed by atoms with Crippen LogP contribution in [-0.4, -0.2) is 10.1 Å². The van der Waals surface area contributed by atoms with Gasteiger partial charge in [-0.25, -0.2) is 0 Å². The number of rotatable bonds is 2. The van der Waals surface area contributed by atoms with Crippen molar-refractivity contribution < 1.29 is 5.11 Å². The van der Waals surface area contributed by atoms with Crippen molar-refractivity contribution in [1.29, 1.82) is 0 Å². The van der Waals surface area contributed by atoms with Gasteiger partial charge in [0.2, 0.25) is 0 Å². The van der Waals surface area contributed by atoms with E-state index in [1.54, 1.807) is 0 Å². The summed E-state index contributed by atoms with van der Waals surface area (Å²) in [6, 6.07) is 14.2. The zero-order valence-corrected chi connectivity index (χ0v) is 11.1. The average molecular weight is 251 g/mol. The first-order chi connectivity index (χ1) is 9.16. The summed E-state index contributed by atoms with van der Waals surface area (Å²) in [6.45, 7) is 4.11. The van der Waals surface area contributed by atoms with Gasteiger partial charge in [0.05, 0.1) is 0 Å². The van der Waals surface area contributed by atoms with Crippen molar-refractivity contribution in [3.63, 3.8) is 0 Å². The van der Waals surface area contributed by atoms with Gasteiger partial charge in [-0.3, -0.25) is 0 Å². The van der Waals surface area contributed by atoms with Crippen LogP contribution in [-0.2, 0) is 0 Å². The quantitative estimate of drug-likeness (QED) is 0.712. The van der Waals surface area contributed by atoms with Gasteiger partial charge >= 0.3 is 0 Å². The van der Waals surface area contributed by atoms with E-state index in [0.717, 1.165) is 27.6 Å². The molecule has 0 amide bonds. The Kier molecular flexibility index (Phi) is 2.88. The molecule has 2 N–H and O–H groups in total. The number of aromatic nitrogens is 1. The minimum Gasteiger partial charge on any atom is -0.384 e. The molecular formula is C17H17NO. The summed E-state index contributed by atoms with van der Waals surface area (Å²) in [4.78, 5) is 3.18. The highest BCUT2D eigenvalue weighted by atomic mass is 16.3. The lowest BCUT2D eigenvalue weighted by atomic mass is 9.94. The molecule has 1 aromatic heterocycles. The Balaban J connectivity index is 2.13. The zero-order valence-electron chi connectivity index (χ0n) is 11.1. The van der Waals surface area contributed by atoms with Crippen LogP contribution < -0.4 is 0 Å². The zero-order chi connectivity index (χ0) is 13.4. The number of fused-ring (bicyclic) bond motifs is 1. The fourth-order valence-corrected chi connectivity index (χ4v) is 2.65. The van der Waals surface area contributed by atoms with Gasteiger partial charge in [0.25, 0.3) is 0 Å². The number of aliphatic hydroxyl groups excluding tert-OH is 1. The Hall–Kier alpha value is -2.06. The number of benzene rings is 2. The smallest absolute Gasteiger partial charge is 0.105 e. The van der Waals surface area contributed by atoms with E-state index in [9.17, 15) is 5.11 Å². The van der Waals surface area contributed by atoms with Crippen LogP contribution in [0.25, 0.3) is 10.9 Å². The van der Waals surface area contributed by atoms with E-state index < -0.39 is 6.10 Å². The summed E-state index contributed by atoms with van der Waals surface area (Å²) in [7, 11) is 0. The summed E-state index contributed by atoms with van der Waals surface area (Å²) >= 11 is 0. The van der Waals surface area contributed by atoms with Gasteiger partial charge in [-0.05, 0) is 42.7 Å². The van der Waals surface area contributed by atoms with E-state index >= 15 is 0 Å². The monoisotopic (exact) mass is 251 g/mol. The third-order valence-corrected chi connectivity index (χ3v) is 3.64. The van der Waals surface area contributed by atoms with Crippen molar-refractivity contribution in [3.8, 4) is 0 Å². The predicted octanol–water partition coefficient (Wildman–Crippen LogP) is 3.87. The van der Waals surface area contributed by atoms with E-state index in [2.05, 4.69) is 18.0 Å². The molecule has 0 bridgehead atoms. The molecule has 0 aliphatic rings. The fraction of sp³-hybridized carbons (Fsp3) is 0.176. The van der Waals surface area contributed by atoms with Crippen molar-refractivity contribution in [1.82, 2.24) is 4.98 Å². The Bertz CT molecular complexity index is 727. The highest BCUT2D eigenvalue weighted by Crippen LogP contribution is 2.30. The van der Waals surface area contributed by atoms with Crippen molar-refractivity contribution in [2.45, 2.75) is 20.0 Å². The second-order valence-corrected chi connectivity index (χ2v) is 5.05. The highest BCUT2D eigenvalue weighted by Gasteiger charge is 2.15. The van der Waals surface area contributed by atoms with Gasteiger partial charge in [0.15, 0.2) is 0 Å². The Morgan fingerprint density at radius 1 is 1.00 bits per heavy atom. The lowest BCUT2D eigenvalue weighted by Crippen LogP contribution is -2.02. The molecular weight excluding hydrogens is 234 g/mol. The van der Waals surface area contributed by atoms with Crippen molar-refractivity contribution >= 4 is 10.9 Å². The minimum atomic E-state index is -0.583. The van der Waals surface area contributed by atoms with Crippen LogP contribution in [0.5, 0.6) is 0 Å². The third kappa shape index (κ3) is 2.04. The van der Waals surface area contributed by atoms with E-state index in [1.165, 1.54) is 5.56 Å². The molecule has 3 aromatic rings. The Labute approximate surface area is 112 Å². The third-order valence-electron chi connectivity index (χ3n) is 3.64. The first-order valence-corrected chi connectivity index (χ1v) is 6.48. The fourth-order valence-electron chi connectivity index (χ4n) is 2.65. The average Bonchev–Trinajstić information content (AvgIpc) is 2.86. The van der Waals surface area contributed by atoms with Gasteiger partial charge in [0, 0.05) is 17.1 Å². The van der Waals surface area contributed by atoms with Gasteiger partial charge in [-0.15, -0.1) is 0 Å². The number of aryl methyl sites for hydroxylation is 2. The molecule has 3 rings (SSSR count). The van der Waals surface area contributed by atoms with E-state index in [4.69, 9.17) is 0 Å². The first-order valence-electron chi connectivity index (χ1n) is 6.48. The van der Waals surface area contributed by atoms with E-state index in [-0.39, 0.29) is 0 Å². The second kappa shape index (κ2) is 4.56. The van der Waals surface area contributed by atoms with Crippen LogP contribution in [0, 0.1) is 13.8 Å². The van der Waals surface area contributed by atoms with E-state index in [1.807, 2.05) is 49.5 Å². The molecule has 0 aliphatic carbocycles. The predicted molar refractivity (Wildman–Crippen MR) is 78.3 cm³/mol. The van der Waals surface area contributed by atoms with Crippen LogP contribution in [0.4, 0.5) is 0 Å². The number of nitrogens with one attached hydrogen (secondary N) is 1. The van der Waals surface area contributed by atoms with Gasteiger partial charge in [0.1, 0.15) is 6.10 Å². The van der Waals surface area contributed by atoms with Crippen molar-refractivity contribution in [2.75, 3.05) is 0 Å². The van der Waals surface area contributed by atoms with Crippen LogP contribution in [0.15, 0.2) is 48.7 Å². The SMILES string of the molecule is Cc1ccc(C(O)c2cccc3[nH]ccc23)c(C)c1. The number of H-pyrrole nitrogens is 1. The van der Waals surface area contributed by atoms with Crippen LogP contribution >= 0.6 is 0 Å². The molecule has 96 valence electrons. The van der Waals surface area contributed by atoms with Gasteiger partial charge < -0.3 is 10.1 Å². The molecule has 0 spiro atoms. The molecule has 0 radical (unpaired) electrons. The highest BCUT2D eigenvalue weighted by molar-refractivity contribution is 5.83. The Morgan fingerprint density at radius 2 is 1.84 bits per heavy atom. The normalized spacial score (nSPS) is 12.8. The number of hydrogen-bond donors (Lipinski definition) is 2. The number of aliphatic hydroxyl groups is 1. The molecule has 0 aliphatic heterocycles. The standard InChI is InChI=1S/C17H17NO/c1-11-6-7-13(12(2)10-11)17(19)15-4-3-5-16-14(15)8-9-18-16/h3-10,17-19H,1-2H3. The van der Waals surface area contributed by atoms with Crippen LogP contribution in [0.2, 0.25) is 0 Å².